The van der Waals surface area contributed by atoms with Crippen LogP contribution in [0.15, 0.2) is 48.5 Å². The summed E-state index contributed by atoms with van der Waals surface area (Å²) < 4.78 is 14.2. The van der Waals surface area contributed by atoms with Crippen molar-refractivity contribution in [1.29, 1.82) is 0 Å². The fraction of sp³-hybridized carbons (Fsp3) is 0.300. The number of carbonyl (C=O) groups excluding carboxylic acids is 2. The summed E-state index contributed by atoms with van der Waals surface area (Å²) in [6, 6.07) is 14.0. The molecule has 0 aromatic heterocycles. The largest absolute Gasteiger partial charge is 0.339 e. The number of likely N-dealkylation sites (tertiary alicyclic amines) is 1. The summed E-state index contributed by atoms with van der Waals surface area (Å²) >= 11 is 0. The van der Waals surface area contributed by atoms with Gasteiger partial charge in [-0.3, -0.25) is 9.59 Å². The van der Waals surface area contributed by atoms with Crippen LogP contribution in [0.4, 0.5) is 10.1 Å². The first-order valence-electron chi connectivity index (χ1n) is 8.46. The van der Waals surface area contributed by atoms with E-state index >= 15 is 0 Å². The van der Waals surface area contributed by atoms with Crippen molar-refractivity contribution in [1.82, 2.24) is 4.90 Å². The van der Waals surface area contributed by atoms with Crippen LogP contribution < -0.4 is 4.90 Å². The molecule has 0 aliphatic carbocycles. The van der Waals surface area contributed by atoms with E-state index in [0.717, 1.165) is 5.56 Å². The molecule has 2 aromatic rings. The molecule has 0 bridgehead atoms. The molecule has 1 spiro atoms. The highest BCUT2D eigenvalue weighted by Gasteiger charge is 2.52. The fourth-order valence-corrected chi connectivity index (χ4v) is 4.12. The number of fused-ring (bicyclic) bond motifs is 2. The van der Waals surface area contributed by atoms with Gasteiger partial charge in [-0.1, -0.05) is 30.3 Å². The number of anilines is 1. The monoisotopic (exact) mass is 374 g/mol. The van der Waals surface area contributed by atoms with Crippen molar-refractivity contribution in [3.8, 4) is 0 Å². The van der Waals surface area contributed by atoms with Crippen LogP contribution in [0.25, 0.3) is 0 Å². The van der Waals surface area contributed by atoms with E-state index in [4.69, 9.17) is 0 Å². The van der Waals surface area contributed by atoms with E-state index in [2.05, 4.69) is 0 Å². The van der Waals surface area contributed by atoms with Crippen molar-refractivity contribution in [2.75, 3.05) is 25.0 Å². The van der Waals surface area contributed by atoms with Gasteiger partial charge < -0.3 is 9.80 Å². The number of rotatable bonds is 1. The van der Waals surface area contributed by atoms with Gasteiger partial charge in [0, 0.05) is 25.7 Å². The SMILES string of the molecule is CN1C(=O)C2(CCN(C(=O)c3ccccc3)CC2)c2cccc(F)c21.Cl. The lowest BCUT2D eigenvalue weighted by Gasteiger charge is -2.38. The molecule has 2 heterocycles. The Bertz CT molecular complexity index is 848. The Morgan fingerprint density at radius 1 is 1.04 bits per heavy atom. The summed E-state index contributed by atoms with van der Waals surface area (Å²) in [6.45, 7) is 0.979. The smallest absolute Gasteiger partial charge is 0.253 e. The summed E-state index contributed by atoms with van der Waals surface area (Å²) in [5.41, 5.74) is 1.08. The van der Waals surface area contributed by atoms with Gasteiger partial charge in [-0.2, -0.15) is 0 Å². The Morgan fingerprint density at radius 3 is 2.35 bits per heavy atom. The van der Waals surface area contributed by atoms with Crippen molar-refractivity contribution in [2.24, 2.45) is 0 Å². The highest BCUT2D eigenvalue weighted by Crippen LogP contribution is 2.48. The summed E-state index contributed by atoms with van der Waals surface area (Å²) in [4.78, 5) is 28.7. The lowest BCUT2D eigenvalue weighted by atomic mass is 9.73. The van der Waals surface area contributed by atoms with Crippen LogP contribution in [-0.2, 0) is 10.2 Å². The van der Waals surface area contributed by atoms with E-state index in [-0.39, 0.29) is 30.0 Å². The second-order valence-corrected chi connectivity index (χ2v) is 6.74. The molecule has 6 heteroatoms. The Hall–Kier alpha value is -2.40. The van der Waals surface area contributed by atoms with Gasteiger partial charge in [-0.25, -0.2) is 4.39 Å². The maximum atomic E-state index is 14.2. The van der Waals surface area contributed by atoms with E-state index in [1.54, 1.807) is 30.1 Å². The van der Waals surface area contributed by atoms with E-state index in [1.165, 1.54) is 11.0 Å². The Morgan fingerprint density at radius 2 is 1.69 bits per heavy atom. The predicted molar refractivity (Wildman–Crippen MR) is 100 cm³/mol. The van der Waals surface area contributed by atoms with Crippen LogP contribution in [0.3, 0.4) is 0 Å². The molecule has 136 valence electrons. The molecular formula is C20H20ClFN2O2. The summed E-state index contributed by atoms with van der Waals surface area (Å²) in [5.74, 6) is -0.457. The Labute approximate surface area is 158 Å². The molecule has 2 aliphatic rings. The Balaban J connectivity index is 0.00000196. The minimum Gasteiger partial charge on any atom is -0.339 e. The van der Waals surface area contributed by atoms with Gasteiger partial charge >= 0.3 is 0 Å². The molecule has 1 saturated heterocycles. The highest BCUT2D eigenvalue weighted by atomic mass is 35.5. The van der Waals surface area contributed by atoms with E-state index in [0.29, 0.717) is 37.2 Å². The van der Waals surface area contributed by atoms with Crippen LogP contribution in [0.2, 0.25) is 0 Å². The standard InChI is InChI=1S/C20H19FN2O2.ClH/c1-22-17-15(8-5-9-16(17)21)20(19(22)25)10-12-23(13-11-20)18(24)14-6-3-2-4-7-14;/h2-9H,10-13H2,1H3;1H. The van der Waals surface area contributed by atoms with Gasteiger partial charge in [0.05, 0.1) is 11.1 Å². The zero-order valence-electron chi connectivity index (χ0n) is 14.4. The maximum absolute atomic E-state index is 14.2. The molecule has 4 rings (SSSR count). The average molecular weight is 375 g/mol. The first kappa shape index (κ1) is 18.4. The second kappa shape index (κ2) is 6.72. The van der Waals surface area contributed by atoms with Gasteiger partial charge in [0.2, 0.25) is 5.91 Å². The molecule has 2 amide bonds. The molecule has 2 aliphatic heterocycles. The van der Waals surface area contributed by atoms with Gasteiger partial charge in [-0.05, 0) is 36.6 Å². The summed E-state index contributed by atoms with van der Waals surface area (Å²) in [5, 5.41) is 0. The predicted octanol–water partition coefficient (Wildman–Crippen LogP) is 3.40. The normalized spacial score (nSPS) is 17.8. The second-order valence-electron chi connectivity index (χ2n) is 6.74. The van der Waals surface area contributed by atoms with Crippen molar-refractivity contribution in [3.63, 3.8) is 0 Å². The zero-order valence-corrected chi connectivity index (χ0v) is 15.3. The van der Waals surface area contributed by atoms with E-state index in [1.807, 2.05) is 24.3 Å². The molecular weight excluding hydrogens is 355 g/mol. The van der Waals surface area contributed by atoms with Crippen LogP contribution in [0, 0.1) is 5.82 Å². The molecule has 2 aromatic carbocycles. The third-order valence-corrected chi connectivity index (χ3v) is 5.48. The lowest BCUT2D eigenvalue weighted by Crippen LogP contribution is -2.49. The van der Waals surface area contributed by atoms with Crippen LogP contribution in [0.1, 0.15) is 28.8 Å². The van der Waals surface area contributed by atoms with Gasteiger partial charge in [-0.15, -0.1) is 12.4 Å². The lowest BCUT2D eigenvalue weighted by molar-refractivity contribution is -0.124. The third kappa shape index (κ3) is 2.58. The number of hydrogen-bond acceptors (Lipinski definition) is 2. The number of halogens is 2. The molecule has 0 radical (unpaired) electrons. The molecule has 0 atom stereocenters. The number of likely N-dealkylation sites (N-methyl/N-ethyl adjacent to an activating group) is 1. The Kier molecular flexibility index (Phi) is 4.76. The number of hydrogen-bond donors (Lipinski definition) is 0. The number of nitrogens with zero attached hydrogens (tertiary/aromatic N) is 2. The summed E-state index contributed by atoms with van der Waals surface area (Å²) in [6.07, 6.45) is 1.04. The van der Waals surface area contributed by atoms with E-state index in [9.17, 15) is 14.0 Å². The zero-order chi connectivity index (χ0) is 17.6. The topological polar surface area (TPSA) is 40.6 Å². The van der Waals surface area contributed by atoms with Gasteiger partial charge in [0.15, 0.2) is 0 Å². The fourth-order valence-electron chi connectivity index (χ4n) is 4.12. The van der Waals surface area contributed by atoms with E-state index < -0.39 is 5.41 Å². The van der Waals surface area contributed by atoms with Crippen molar-refractivity contribution >= 4 is 29.9 Å². The highest BCUT2D eigenvalue weighted by molar-refractivity contribution is 6.08. The average Bonchev–Trinajstić information content (AvgIpc) is 2.86. The van der Waals surface area contributed by atoms with Crippen molar-refractivity contribution in [3.05, 3.63) is 65.5 Å². The first-order valence-corrected chi connectivity index (χ1v) is 8.46. The molecule has 0 N–H and O–H groups in total. The number of piperidine rings is 1. The van der Waals surface area contributed by atoms with Gasteiger partial charge in [0.25, 0.3) is 5.91 Å². The third-order valence-electron chi connectivity index (χ3n) is 5.48. The first-order chi connectivity index (χ1) is 12.0. The molecule has 0 saturated carbocycles. The van der Waals surface area contributed by atoms with Gasteiger partial charge in [0.1, 0.15) is 5.82 Å². The maximum Gasteiger partial charge on any atom is 0.253 e. The quantitative estimate of drug-likeness (QED) is 0.767. The van der Waals surface area contributed by atoms with Crippen LogP contribution in [-0.4, -0.2) is 36.9 Å². The number of benzene rings is 2. The van der Waals surface area contributed by atoms with Crippen molar-refractivity contribution < 1.29 is 14.0 Å². The summed E-state index contributed by atoms with van der Waals surface area (Å²) in [7, 11) is 1.63. The van der Waals surface area contributed by atoms with Crippen LogP contribution in [0.5, 0.6) is 0 Å². The molecule has 1 fully saturated rings. The number of para-hydroxylation sites is 1. The van der Waals surface area contributed by atoms with Crippen molar-refractivity contribution in [2.45, 2.75) is 18.3 Å². The number of carbonyl (C=O) groups is 2. The minimum atomic E-state index is -0.709. The molecule has 0 unspecified atom stereocenters. The molecule has 26 heavy (non-hydrogen) atoms. The van der Waals surface area contributed by atoms with Crippen LogP contribution >= 0.6 is 12.4 Å². The minimum absolute atomic E-state index is 0. The molecule has 4 nitrogen and oxygen atoms in total. The number of amides is 2.